The van der Waals surface area contributed by atoms with E-state index < -0.39 is 74.6 Å². The highest BCUT2D eigenvalue weighted by Crippen LogP contribution is 2.31. The topological polar surface area (TPSA) is 183 Å². The third kappa shape index (κ3) is 4.98. The first-order valence-corrected chi connectivity index (χ1v) is 9.02. The van der Waals surface area contributed by atoms with Crippen LogP contribution < -0.4 is 5.73 Å². The van der Waals surface area contributed by atoms with Crippen LogP contribution in [0.4, 0.5) is 0 Å². The summed E-state index contributed by atoms with van der Waals surface area (Å²) in [7, 11) is 2.66. The number of aliphatic hydroxyl groups is 5. The smallest absolute Gasteiger partial charge is 0.187 e. The van der Waals surface area contributed by atoms with E-state index in [9.17, 15) is 25.5 Å². The SMILES string of the molecule is COC1OC(CO)C(OC2OC(CO)C(OC)C(OCCN)C2O)C(O)C1O. The van der Waals surface area contributed by atoms with Crippen molar-refractivity contribution in [3.05, 3.63) is 0 Å². The molecular formula is C16H31NO11. The van der Waals surface area contributed by atoms with Gasteiger partial charge in [-0.3, -0.25) is 0 Å². The van der Waals surface area contributed by atoms with Gasteiger partial charge >= 0.3 is 0 Å². The fraction of sp³-hybridized carbons (Fsp3) is 1.00. The maximum absolute atomic E-state index is 10.7. The van der Waals surface area contributed by atoms with Gasteiger partial charge in [-0.05, 0) is 0 Å². The van der Waals surface area contributed by atoms with Gasteiger partial charge in [0.1, 0.15) is 48.8 Å². The van der Waals surface area contributed by atoms with Crippen LogP contribution in [0.3, 0.4) is 0 Å². The molecule has 7 N–H and O–H groups in total. The Kier molecular flexibility index (Phi) is 9.40. The van der Waals surface area contributed by atoms with Gasteiger partial charge in [-0.2, -0.15) is 0 Å². The molecule has 2 aliphatic heterocycles. The highest BCUT2D eigenvalue weighted by molar-refractivity contribution is 4.95. The molecule has 12 nitrogen and oxygen atoms in total. The van der Waals surface area contributed by atoms with Crippen molar-refractivity contribution in [1.82, 2.24) is 0 Å². The molecule has 2 fully saturated rings. The van der Waals surface area contributed by atoms with Gasteiger partial charge in [0, 0.05) is 20.8 Å². The Bertz CT molecular complexity index is 456. The molecule has 0 aromatic carbocycles. The summed E-state index contributed by atoms with van der Waals surface area (Å²) < 4.78 is 32.4. The van der Waals surface area contributed by atoms with Crippen molar-refractivity contribution in [2.45, 2.75) is 61.4 Å². The predicted molar refractivity (Wildman–Crippen MR) is 91.0 cm³/mol. The molecule has 0 amide bonds. The Hall–Kier alpha value is -0.480. The molecule has 28 heavy (non-hydrogen) atoms. The van der Waals surface area contributed by atoms with Gasteiger partial charge in [0.05, 0.1) is 19.8 Å². The van der Waals surface area contributed by atoms with Crippen LogP contribution in [0.5, 0.6) is 0 Å². The highest BCUT2D eigenvalue weighted by Gasteiger charge is 2.51. The van der Waals surface area contributed by atoms with E-state index in [1.54, 1.807) is 0 Å². The van der Waals surface area contributed by atoms with Crippen molar-refractivity contribution >= 4 is 0 Å². The molecule has 0 aromatic heterocycles. The summed E-state index contributed by atoms with van der Waals surface area (Å²) in [5, 5.41) is 50.3. The Balaban J connectivity index is 2.17. The van der Waals surface area contributed by atoms with Crippen LogP contribution in [0.2, 0.25) is 0 Å². The molecule has 0 aliphatic carbocycles. The van der Waals surface area contributed by atoms with Gasteiger partial charge in [-0.25, -0.2) is 0 Å². The Morgan fingerprint density at radius 2 is 1.39 bits per heavy atom. The van der Waals surface area contributed by atoms with Gasteiger partial charge in [0.15, 0.2) is 12.6 Å². The fourth-order valence-electron chi connectivity index (χ4n) is 3.40. The standard InChI is InChI=1S/C16H31NO11/c1-23-13-8(6-19)27-16(11(22)14(13)25-4-3-17)28-12-7(5-18)26-15(24-2)10(21)9(12)20/h7-16,18-22H,3-6,17H2,1-2H3. The van der Waals surface area contributed by atoms with E-state index in [1.165, 1.54) is 14.2 Å². The van der Waals surface area contributed by atoms with Gasteiger partial charge in [-0.15, -0.1) is 0 Å². The van der Waals surface area contributed by atoms with Crippen molar-refractivity contribution in [2.24, 2.45) is 5.73 Å². The number of hydrogen-bond acceptors (Lipinski definition) is 12. The van der Waals surface area contributed by atoms with Crippen LogP contribution in [0.1, 0.15) is 0 Å². The van der Waals surface area contributed by atoms with Gasteiger partial charge in [0.2, 0.25) is 0 Å². The van der Waals surface area contributed by atoms with E-state index >= 15 is 0 Å². The molecule has 2 heterocycles. The lowest BCUT2D eigenvalue weighted by molar-refractivity contribution is -0.360. The van der Waals surface area contributed by atoms with E-state index in [2.05, 4.69) is 0 Å². The predicted octanol–water partition coefficient (Wildman–Crippen LogP) is -4.11. The molecule has 166 valence electrons. The molecule has 0 spiro atoms. The molecule has 0 saturated carbocycles. The first-order valence-electron chi connectivity index (χ1n) is 9.02. The molecule has 0 bridgehead atoms. The molecule has 2 aliphatic rings. The molecule has 10 unspecified atom stereocenters. The third-order valence-corrected chi connectivity index (χ3v) is 4.84. The molecule has 10 atom stereocenters. The Morgan fingerprint density at radius 3 is 1.93 bits per heavy atom. The lowest BCUT2D eigenvalue weighted by atomic mass is 9.96. The number of nitrogens with two attached hydrogens (primary N) is 1. The number of ether oxygens (including phenoxy) is 6. The van der Waals surface area contributed by atoms with Crippen LogP contribution in [-0.2, 0) is 28.4 Å². The zero-order chi connectivity index (χ0) is 20.8. The largest absolute Gasteiger partial charge is 0.394 e. The Labute approximate surface area is 162 Å². The summed E-state index contributed by atoms with van der Waals surface area (Å²) in [6.07, 6.45) is -11.8. The van der Waals surface area contributed by atoms with Gasteiger partial charge in [-0.1, -0.05) is 0 Å². The molecule has 0 aromatic rings. The third-order valence-electron chi connectivity index (χ3n) is 4.84. The van der Waals surface area contributed by atoms with Crippen molar-refractivity contribution in [3.8, 4) is 0 Å². The lowest BCUT2D eigenvalue weighted by Crippen LogP contribution is -2.65. The molecular weight excluding hydrogens is 382 g/mol. The van der Waals surface area contributed by atoms with E-state index in [1.807, 2.05) is 0 Å². The van der Waals surface area contributed by atoms with Crippen molar-refractivity contribution < 1.29 is 54.0 Å². The first kappa shape index (κ1) is 23.8. The number of hydrogen-bond donors (Lipinski definition) is 6. The van der Waals surface area contributed by atoms with E-state index in [0.29, 0.717) is 0 Å². The molecule has 2 saturated heterocycles. The Morgan fingerprint density at radius 1 is 0.786 bits per heavy atom. The molecule has 12 heteroatoms. The number of rotatable bonds is 9. The first-order chi connectivity index (χ1) is 13.4. The summed E-state index contributed by atoms with van der Waals surface area (Å²) in [5.74, 6) is 0. The number of aliphatic hydroxyl groups excluding tert-OH is 5. The second-order valence-electron chi connectivity index (χ2n) is 6.58. The zero-order valence-corrected chi connectivity index (χ0v) is 15.9. The fourth-order valence-corrected chi connectivity index (χ4v) is 3.40. The highest BCUT2D eigenvalue weighted by atomic mass is 16.7. The van der Waals surface area contributed by atoms with E-state index in [-0.39, 0.29) is 13.2 Å². The summed E-state index contributed by atoms with van der Waals surface area (Å²) in [5.41, 5.74) is 5.45. The van der Waals surface area contributed by atoms with Crippen molar-refractivity contribution in [1.29, 1.82) is 0 Å². The zero-order valence-electron chi connectivity index (χ0n) is 15.9. The number of methoxy groups -OCH3 is 2. The normalized spacial score (nSPS) is 44.6. The van der Waals surface area contributed by atoms with E-state index in [4.69, 9.17) is 34.2 Å². The van der Waals surface area contributed by atoms with Crippen molar-refractivity contribution in [3.63, 3.8) is 0 Å². The minimum absolute atomic E-state index is 0.120. The van der Waals surface area contributed by atoms with Crippen LogP contribution in [0.15, 0.2) is 0 Å². The summed E-state index contributed by atoms with van der Waals surface area (Å²) in [6.45, 7) is -0.680. The minimum Gasteiger partial charge on any atom is -0.394 e. The van der Waals surface area contributed by atoms with Crippen LogP contribution in [-0.4, -0.2) is 128 Å². The van der Waals surface area contributed by atoms with Crippen molar-refractivity contribution in [2.75, 3.05) is 40.6 Å². The van der Waals surface area contributed by atoms with Crippen LogP contribution in [0, 0.1) is 0 Å². The second-order valence-corrected chi connectivity index (χ2v) is 6.58. The summed E-state index contributed by atoms with van der Waals surface area (Å²) in [4.78, 5) is 0. The van der Waals surface area contributed by atoms with Crippen LogP contribution >= 0.6 is 0 Å². The monoisotopic (exact) mass is 413 g/mol. The van der Waals surface area contributed by atoms with Gasteiger partial charge in [0.25, 0.3) is 0 Å². The summed E-state index contributed by atoms with van der Waals surface area (Å²) >= 11 is 0. The lowest BCUT2D eigenvalue weighted by Gasteiger charge is -2.47. The minimum atomic E-state index is -1.50. The maximum atomic E-state index is 10.7. The van der Waals surface area contributed by atoms with Crippen LogP contribution in [0.25, 0.3) is 0 Å². The quantitative estimate of drug-likeness (QED) is 0.215. The van der Waals surface area contributed by atoms with Gasteiger partial charge < -0.3 is 59.7 Å². The summed E-state index contributed by atoms with van der Waals surface area (Å²) in [6, 6.07) is 0. The average molecular weight is 413 g/mol. The van der Waals surface area contributed by atoms with E-state index in [0.717, 1.165) is 0 Å². The molecule has 0 radical (unpaired) electrons. The maximum Gasteiger partial charge on any atom is 0.187 e. The average Bonchev–Trinajstić information content (AvgIpc) is 2.71. The molecule has 2 rings (SSSR count). The second kappa shape index (κ2) is 11.1.